The van der Waals surface area contributed by atoms with Crippen LogP contribution < -0.4 is 5.32 Å². The summed E-state index contributed by atoms with van der Waals surface area (Å²) in [5.41, 5.74) is 2.67. The van der Waals surface area contributed by atoms with Gasteiger partial charge in [0.2, 0.25) is 0 Å². The maximum absolute atomic E-state index is 3.50. The summed E-state index contributed by atoms with van der Waals surface area (Å²) in [5, 5.41) is 3.43. The van der Waals surface area contributed by atoms with E-state index < -0.39 is 0 Å². The van der Waals surface area contributed by atoms with Crippen LogP contribution >= 0.6 is 15.9 Å². The van der Waals surface area contributed by atoms with Crippen molar-refractivity contribution in [2.45, 2.75) is 33.2 Å². The van der Waals surface area contributed by atoms with Gasteiger partial charge in [-0.25, -0.2) is 0 Å². The molecule has 0 saturated heterocycles. The average molecular weight is 256 g/mol. The second kappa shape index (κ2) is 6.20. The van der Waals surface area contributed by atoms with Crippen LogP contribution in [-0.2, 0) is 6.54 Å². The lowest BCUT2D eigenvalue weighted by Crippen LogP contribution is -2.14. The molecule has 0 atom stereocenters. The third-order valence-electron chi connectivity index (χ3n) is 2.26. The van der Waals surface area contributed by atoms with Gasteiger partial charge in [-0.2, -0.15) is 0 Å². The van der Waals surface area contributed by atoms with Crippen LogP contribution in [0.3, 0.4) is 0 Å². The molecule has 1 N–H and O–H groups in total. The van der Waals surface area contributed by atoms with Gasteiger partial charge in [0, 0.05) is 11.0 Å². The number of hydrogen-bond acceptors (Lipinski definition) is 1. The summed E-state index contributed by atoms with van der Waals surface area (Å²) in [6.45, 7) is 6.44. The first kappa shape index (κ1) is 11.7. The van der Waals surface area contributed by atoms with Crippen LogP contribution in [0, 0.1) is 6.92 Å². The molecule has 2 heteroatoms. The highest BCUT2D eigenvalue weighted by Crippen LogP contribution is 2.16. The Labute approximate surface area is 95.0 Å². The van der Waals surface area contributed by atoms with Gasteiger partial charge < -0.3 is 5.32 Å². The number of unbranched alkanes of at least 4 members (excludes halogenated alkanes) is 1. The van der Waals surface area contributed by atoms with E-state index in [9.17, 15) is 0 Å². The molecule has 1 rings (SSSR count). The van der Waals surface area contributed by atoms with Gasteiger partial charge in [0.15, 0.2) is 0 Å². The molecular weight excluding hydrogens is 238 g/mol. The molecule has 0 aliphatic carbocycles. The van der Waals surface area contributed by atoms with Crippen molar-refractivity contribution in [3.05, 3.63) is 33.8 Å². The first-order chi connectivity index (χ1) is 6.74. The van der Waals surface area contributed by atoms with E-state index >= 15 is 0 Å². The van der Waals surface area contributed by atoms with E-state index in [1.165, 1.54) is 28.4 Å². The van der Waals surface area contributed by atoms with Crippen molar-refractivity contribution in [2.75, 3.05) is 6.54 Å². The molecule has 0 amide bonds. The van der Waals surface area contributed by atoms with Crippen molar-refractivity contribution in [3.8, 4) is 0 Å². The van der Waals surface area contributed by atoms with Crippen molar-refractivity contribution in [1.82, 2.24) is 5.32 Å². The van der Waals surface area contributed by atoms with Gasteiger partial charge in [-0.3, -0.25) is 0 Å². The fraction of sp³-hybridized carbons (Fsp3) is 0.500. The Morgan fingerprint density at radius 1 is 1.36 bits per heavy atom. The van der Waals surface area contributed by atoms with Crippen molar-refractivity contribution in [2.24, 2.45) is 0 Å². The molecule has 1 nitrogen and oxygen atoms in total. The maximum atomic E-state index is 3.50. The van der Waals surface area contributed by atoms with E-state index in [2.05, 4.69) is 53.3 Å². The molecule has 0 radical (unpaired) electrons. The first-order valence-electron chi connectivity index (χ1n) is 5.19. The minimum absolute atomic E-state index is 0.980. The second-order valence-electron chi connectivity index (χ2n) is 3.61. The van der Waals surface area contributed by atoms with E-state index in [1.54, 1.807) is 0 Å². The summed E-state index contributed by atoms with van der Waals surface area (Å²) in [6, 6.07) is 6.51. The zero-order valence-electron chi connectivity index (χ0n) is 8.94. The number of hydrogen-bond donors (Lipinski definition) is 1. The Morgan fingerprint density at radius 3 is 2.79 bits per heavy atom. The largest absolute Gasteiger partial charge is 0.313 e. The summed E-state index contributed by atoms with van der Waals surface area (Å²) < 4.78 is 1.19. The monoisotopic (exact) mass is 255 g/mol. The lowest BCUT2D eigenvalue weighted by Gasteiger charge is -2.05. The van der Waals surface area contributed by atoms with Crippen LogP contribution in [-0.4, -0.2) is 6.54 Å². The van der Waals surface area contributed by atoms with Gasteiger partial charge in [-0.15, -0.1) is 0 Å². The minimum Gasteiger partial charge on any atom is -0.313 e. The summed E-state index contributed by atoms with van der Waals surface area (Å²) in [6.07, 6.45) is 2.52. The van der Waals surface area contributed by atoms with Gasteiger partial charge in [-0.1, -0.05) is 41.4 Å². The standard InChI is InChI=1S/C12H18BrN/c1-3-4-7-14-9-11-5-6-12(13)10(2)8-11/h5-6,8,14H,3-4,7,9H2,1-2H3. The molecule has 0 fully saturated rings. The molecule has 14 heavy (non-hydrogen) atoms. The highest BCUT2D eigenvalue weighted by atomic mass is 79.9. The third-order valence-corrected chi connectivity index (χ3v) is 3.15. The van der Waals surface area contributed by atoms with Crippen LogP contribution in [0.25, 0.3) is 0 Å². The number of halogens is 1. The maximum Gasteiger partial charge on any atom is 0.0205 e. The predicted molar refractivity (Wildman–Crippen MR) is 65.5 cm³/mol. The smallest absolute Gasteiger partial charge is 0.0205 e. The SMILES string of the molecule is CCCCNCc1ccc(Br)c(C)c1. The average Bonchev–Trinajstić information content (AvgIpc) is 2.18. The highest BCUT2D eigenvalue weighted by molar-refractivity contribution is 9.10. The van der Waals surface area contributed by atoms with Crippen LogP contribution in [0.1, 0.15) is 30.9 Å². The molecule has 0 heterocycles. The van der Waals surface area contributed by atoms with E-state index in [1.807, 2.05) is 0 Å². The molecule has 1 aromatic carbocycles. The summed E-state index contributed by atoms with van der Waals surface area (Å²) in [7, 11) is 0. The molecule has 0 aliphatic rings. The van der Waals surface area contributed by atoms with Crippen LogP contribution in [0.15, 0.2) is 22.7 Å². The summed E-state index contributed by atoms with van der Waals surface area (Å²) in [5.74, 6) is 0. The Kier molecular flexibility index (Phi) is 5.20. The fourth-order valence-electron chi connectivity index (χ4n) is 1.35. The quantitative estimate of drug-likeness (QED) is 0.793. The fourth-order valence-corrected chi connectivity index (χ4v) is 1.60. The van der Waals surface area contributed by atoms with E-state index in [0.717, 1.165) is 13.1 Å². The Bertz CT molecular complexity index is 284. The van der Waals surface area contributed by atoms with Crippen LogP contribution in [0.4, 0.5) is 0 Å². The molecule has 0 saturated carbocycles. The lowest BCUT2D eigenvalue weighted by atomic mass is 10.1. The van der Waals surface area contributed by atoms with E-state index in [-0.39, 0.29) is 0 Å². The zero-order chi connectivity index (χ0) is 10.4. The van der Waals surface area contributed by atoms with Crippen LogP contribution in [0.5, 0.6) is 0 Å². The van der Waals surface area contributed by atoms with Gasteiger partial charge >= 0.3 is 0 Å². The van der Waals surface area contributed by atoms with Crippen molar-refractivity contribution < 1.29 is 0 Å². The highest BCUT2D eigenvalue weighted by Gasteiger charge is 1.96. The topological polar surface area (TPSA) is 12.0 Å². The normalized spacial score (nSPS) is 10.5. The number of aryl methyl sites for hydroxylation is 1. The molecular formula is C12H18BrN. The lowest BCUT2D eigenvalue weighted by molar-refractivity contribution is 0.641. The van der Waals surface area contributed by atoms with E-state index in [4.69, 9.17) is 0 Å². The number of rotatable bonds is 5. The Hall–Kier alpha value is -0.340. The molecule has 0 aliphatic heterocycles. The second-order valence-corrected chi connectivity index (χ2v) is 4.47. The van der Waals surface area contributed by atoms with Gasteiger partial charge in [0.1, 0.15) is 0 Å². The van der Waals surface area contributed by atoms with Crippen LogP contribution in [0.2, 0.25) is 0 Å². The molecule has 0 aromatic heterocycles. The Balaban J connectivity index is 2.39. The number of nitrogens with one attached hydrogen (secondary N) is 1. The van der Waals surface area contributed by atoms with Crippen molar-refractivity contribution >= 4 is 15.9 Å². The van der Waals surface area contributed by atoms with Gasteiger partial charge in [0.05, 0.1) is 0 Å². The van der Waals surface area contributed by atoms with Crippen molar-refractivity contribution in [3.63, 3.8) is 0 Å². The summed E-state index contributed by atoms with van der Waals surface area (Å²) >= 11 is 3.50. The van der Waals surface area contributed by atoms with Crippen molar-refractivity contribution in [1.29, 1.82) is 0 Å². The molecule has 0 bridgehead atoms. The zero-order valence-corrected chi connectivity index (χ0v) is 10.5. The molecule has 0 spiro atoms. The first-order valence-corrected chi connectivity index (χ1v) is 5.99. The van der Waals surface area contributed by atoms with E-state index in [0.29, 0.717) is 0 Å². The predicted octanol–water partition coefficient (Wildman–Crippen LogP) is 3.65. The Morgan fingerprint density at radius 2 is 2.14 bits per heavy atom. The summed E-state index contributed by atoms with van der Waals surface area (Å²) in [4.78, 5) is 0. The minimum atomic E-state index is 0.980. The molecule has 1 aromatic rings. The van der Waals surface area contributed by atoms with Gasteiger partial charge in [0.25, 0.3) is 0 Å². The molecule has 78 valence electrons. The van der Waals surface area contributed by atoms with Gasteiger partial charge in [-0.05, 0) is 37.1 Å². The molecule has 0 unspecified atom stereocenters. The third kappa shape index (κ3) is 3.81. The number of benzene rings is 1.